The van der Waals surface area contributed by atoms with E-state index in [9.17, 15) is 18.3 Å². The molecule has 4 rings (SSSR count). The van der Waals surface area contributed by atoms with Crippen molar-refractivity contribution < 1.29 is 27.6 Å². The average molecular weight is 584 g/mol. The molecule has 0 radical (unpaired) electrons. The normalized spacial score (nSPS) is 10.7. The van der Waals surface area contributed by atoms with Crippen LogP contribution < -0.4 is 10.1 Å². The van der Waals surface area contributed by atoms with Crippen molar-refractivity contribution >= 4 is 62.3 Å². The van der Waals surface area contributed by atoms with Crippen molar-refractivity contribution in [2.75, 3.05) is 12.4 Å². The number of phenolic OH excluding ortho intramolecular Hbond substituents is 1. The van der Waals surface area contributed by atoms with Crippen LogP contribution in [0.1, 0.15) is 15.9 Å². The SMILES string of the molecule is COc1cc(O)c(C(=O)c2ccccc2)cc1S(=O)(=O)O.Clc1nc(Cl)nc(Nc2ccccc2Cl)n1. The number of nitrogens with one attached hydrogen (secondary N) is 1. The van der Waals surface area contributed by atoms with Gasteiger partial charge in [-0.3, -0.25) is 9.35 Å². The Morgan fingerprint density at radius 2 is 1.51 bits per heavy atom. The number of halogens is 3. The maximum Gasteiger partial charge on any atom is 0.298 e. The van der Waals surface area contributed by atoms with Crippen LogP contribution in [0.3, 0.4) is 0 Å². The number of aromatic hydroxyl groups is 1. The maximum atomic E-state index is 12.3. The molecule has 4 aromatic rings. The van der Waals surface area contributed by atoms with Crippen LogP contribution in [0.2, 0.25) is 15.6 Å². The second-order valence-electron chi connectivity index (χ2n) is 6.99. The largest absolute Gasteiger partial charge is 0.507 e. The molecule has 14 heteroatoms. The molecule has 10 nitrogen and oxygen atoms in total. The number of ether oxygens (including phenoxy) is 1. The minimum absolute atomic E-state index is 0.0227. The summed E-state index contributed by atoms with van der Waals surface area (Å²) in [6, 6.07) is 17.1. The third-order valence-corrected chi connectivity index (χ3v) is 6.08. The van der Waals surface area contributed by atoms with Gasteiger partial charge in [-0.2, -0.15) is 23.4 Å². The number of rotatable bonds is 6. The van der Waals surface area contributed by atoms with Crippen LogP contribution in [0, 0.1) is 0 Å². The minimum Gasteiger partial charge on any atom is -0.507 e. The van der Waals surface area contributed by atoms with Gasteiger partial charge in [-0.25, -0.2) is 0 Å². The summed E-state index contributed by atoms with van der Waals surface area (Å²) in [4.78, 5) is 23.0. The van der Waals surface area contributed by atoms with Crippen molar-refractivity contribution in [3.63, 3.8) is 0 Å². The van der Waals surface area contributed by atoms with Gasteiger partial charge in [0.1, 0.15) is 16.4 Å². The van der Waals surface area contributed by atoms with Crippen molar-refractivity contribution in [1.29, 1.82) is 0 Å². The summed E-state index contributed by atoms with van der Waals surface area (Å²) in [5.41, 5.74) is 0.705. The van der Waals surface area contributed by atoms with Crippen LogP contribution in [-0.2, 0) is 10.1 Å². The van der Waals surface area contributed by atoms with E-state index in [0.717, 1.165) is 12.1 Å². The number of carbonyl (C=O) groups is 1. The van der Waals surface area contributed by atoms with Crippen molar-refractivity contribution in [2.24, 2.45) is 0 Å². The number of ketones is 1. The van der Waals surface area contributed by atoms with Crippen LogP contribution in [0.15, 0.2) is 71.6 Å². The van der Waals surface area contributed by atoms with Gasteiger partial charge in [0, 0.05) is 11.6 Å². The zero-order valence-corrected chi connectivity index (χ0v) is 21.8. The van der Waals surface area contributed by atoms with Gasteiger partial charge in [0.2, 0.25) is 16.5 Å². The van der Waals surface area contributed by atoms with Gasteiger partial charge in [0.05, 0.1) is 23.4 Å². The minimum atomic E-state index is -4.59. The van der Waals surface area contributed by atoms with Gasteiger partial charge in [-0.1, -0.05) is 54.1 Å². The number of methoxy groups -OCH3 is 1. The highest BCUT2D eigenvalue weighted by Crippen LogP contribution is 2.32. The first-order valence-corrected chi connectivity index (χ1v) is 12.6. The smallest absolute Gasteiger partial charge is 0.298 e. The Labute approximate surface area is 226 Å². The molecule has 0 aliphatic rings. The molecule has 0 amide bonds. The van der Waals surface area contributed by atoms with Crippen molar-refractivity contribution in [3.8, 4) is 11.5 Å². The molecule has 0 saturated heterocycles. The Kier molecular flexibility index (Phi) is 9.24. The zero-order chi connectivity index (χ0) is 27.2. The summed E-state index contributed by atoms with van der Waals surface area (Å²) in [7, 11) is -3.41. The molecular weight excluding hydrogens is 567 g/mol. The van der Waals surface area contributed by atoms with E-state index < -0.39 is 26.5 Å². The highest BCUT2D eigenvalue weighted by molar-refractivity contribution is 7.86. The second-order valence-corrected chi connectivity index (χ2v) is 9.47. The Balaban J connectivity index is 0.000000213. The molecule has 0 fully saturated rings. The van der Waals surface area contributed by atoms with Crippen LogP contribution in [-0.4, -0.2) is 45.9 Å². The first kappa shape index (κ1) is 28.1. The fourth-order valence-corrected chi connectivity index (χ4v) is 4.11. The lowest BCUT2D eigenvalue weighted by Gasteiger charge is -2.10. The standard InChI is InChI=1S/C14H12O6S.C9H5Cl3N4/c1-20-12-8-11(15)10(7-13(12)21(17,18)19)14(16)9-5-3-2-4-6-9;10-5-3-1-2-4-6(5)13-9-15-7(11)14-8(12)16-9/h2-8,15H,1H3,(H,17,18,19);1-4H,(H,13,14,15,16). The number of hydrogen-bond donors (Lipinski definition) is 3. The van der Waals surface area contributed by atoms with E-state index in [2.05, 4.69) is 20.3 Å². The lowest BCUT2D eigenvalue weighted by molar-refractivity contribution is 0.103. The molecule has 192 valence electrons. The van der Waals surface area contributed by atoms with E-state index in [1.165, 1.54) is 19.2 Å². The molecule has 0 unspecified atom stereocenters. The predicted molar refractivity (Wildman–Crippen MR) is 139 cm³/mol. The molecule has 0 atom stereocenters. The summed E-state index contributed by atoms with van der Waals surface area (Å²) in [6.45, 7) is 0. The Bertz CT molecular complexity index is 1520. The third-order valence-electron chi connectivity index (χ3n) is 4.54. The van der Waals surface area contributed by atoms with Crippen molar-refractivity contribution in [1.82, 2.24) is 15.0 Å². The number of aromatic nitrogens is 3. The van der Waals surface area contributed by atoms with E-state index in [4.69, 9.17) is 44.1 Å². The van der Waals surface area contributed by atoms with Gasteiger partial charge in [-0.05, 0) is 41.4 Å². The zero-order valence-electron chi connectivity index (χ0n) is 18.8. The van der Waals surface area contributed by atoms with Crippen LogP contribution in [0.25, 0.3) is 0 Å². The monoisotopic (exact) mass is 582 g/mol. The molecule has 37 heavy (non-hydrogen) atoms. The highest BCUT2D eigenvalue weighted by Gasteiger charge is 2.23. The summed E-state index contributed by atoms with van der Waals surface area (Å²) in [5.74, 6) is -1.01. The van der Waals surface area contributed by atoms with Crippen molar-refractivity contribution in [2.45, 2.75) is 4.90 Å². The van der Waals surface area contributed by atoms with Crippen LogP contribution in [0.4, 0.5) is 11.6 Å². The van der Waals surface area contributed by atoms with Gasteiger partial charge in [-0.15, -0.1) is 0 Å². The summed E-state index contributed by atoms with van der Waals surface area (Å²) >= 11 is 17.2. The van der Waals surface area contributed by atoms with E-state index in [-0.39, 0.29) is 33.4 Å². The number of benzene rings is 3. The fourth-order valence-electron chi connectivity index (χ4n) is 2.90. The van der Waals surface area contributed by atoms with Gasteiger partial charge in [0.25, 0.3) is 10.1 Å². The first-order chi connectivity index (χ1) is 17.5. The van der Waals surface area contributed by atoms with E-state index >= 15 is 0 Å². The van der Waals surface area contributed by atoms with E-state index in [0.29, 0.717) is 10.7 Å². The molecule has 0 saturated carbocycles. The molecule has 0 aliphatic carbocycles. The third kappa shape index (κ3) is 7.51. The average Bonchev–Trinajstić information content (AvgIpc) is 2.84. The molecular formula is C23H17Cl3N4O6S. The molecule has 3 N–H and O–H groups in total. The molecule has 3 aromatic carbocycles. The molecule has 1 aromatic heterocycles. The molecule has 1 heterocycles. The van der Waals surface area contributed by atoms with Gasteiger partial charge >= 0.3 is 0 Å². The number of phenols is 1. The highest BCUT2D eigenvalue weighted by atomic mass is 35.5. The van der Waals surface area contributed by atoms with Crippen LogP contribution in [0.5, 0.6) is 11.5 Å². The fraction of sp³-hybridized carbons (Fsp3) is 0.0435. The summed E-state index contributed by atoms with van der Waals surface area (Å²) in [6.07, 6.45) is 0. The second kappa shape index (κ2) is 12.2. The maximum absolute atomic E-state index is 12.3. The lowest BCUT2D eigenvalue weighted by Crippen LogP contribution is -2.07. The summed E-state index contributed by atoms with van der Waals surface area (Å²) < 4.78 is 36.6. The Morgan fingerprint density at radius 3 is 2.08 bits per heavy atom. The number of anilines is 2. The Morgan fingerprint density at radius 1 is 0.919 bits per heavy atom. The van der Waals surface area contributed by atoms with E-state index in [1.807, 2.05) is 12.1 Å². The molecule has 0 bridgehead atoms. The number of hydrogen-bond acceptors (Lipinski definition) is 9. The van der Waals surface area contributed by atoms with E-state index in [1.54, 1.807) is 30.3 Å². The Hall–Kier alpha value is -3.48. The number of para-hydroxylation sites is 1. The quantitative estimate of drug-likeness (QED) is 0.197. The topological polar surface area (TPSA) is 152 Å². The van der Waals surface area contributed by atoms with Gasteiger partial charge < -0.3 is 15.2 Å². The summed E-state index contributed by atoms with van der Waals surface area (Å²) in [5, 5.41) is 13.4. The lowest BCUT2D eigenvalue weighted by atomic mass is 10.0. The van der Waals surface area contributed by atoms with Crippen LogP contribution >= 0.6 is 34.8 Å². The molecule has 0 spiro atoms. The number of carbonyl (C=O) groups excluding carboxylic acids is 1. The predicted octanol–water partition coefficient (Wildman–Crippen LogP) is 5.45. The number of nitrogens with zero attached hydrogens (tertiary/aromatic N) is 3. The van der Waals surface area contributed by atoms with Crippen molar-refractivity contribution in [3.05, 3.63) is 93.4 Å². The first-order valence-electron chi connectivity index (χ1n) is 10.1. The molecule has 0 aliphatic heterocycles. The van der Waals surface area contributed by atoms with Gasteiger partial charge in [0.15, 0.2) is 5.78 Å².